The molecule has 16 heavy (non-hydrogen) atoms. The molecular weight excluding hydrogens is 216 g/mol. The average molecular weight is 244 g/mol. The Bertz CT molecular complexity index is 218. The van der Waals surface area contributed by atoms with E-state index in [1.165, 1.54) is 0 Å². The highest BCUT2D eigenvalue weighted by Gasteiger charge is 2.37. The van der Waals surface area contributed by atoms with Crippen LogP contribution in [0.3, 0.4) is 0 Å². The second-order valence-corrected chi connectivity index (χ2v) is 11.3. The molecule has 0 aromatic heterocycles. The third-order valence-electron chi connectivity index (χ3n) is 3.54. The molecule has 0 unspecified atom stereocenters. The van der Waals surface area contributed by atoms with Crippen LogP contribution < -0.4 is 0 Å². The first-order valence-corrected chi connectivity index (χ1v) is 9.10. The van der Waals surface area contributed by atoms with E-state index in [9.17, 15) is 4.79 Å². The van der Waals surface area contributed by atoms with Crippen LogP contribution in [-0.4, -0.2) is 21.2 Å². The average Bonchev–Trinajstić information content (AvgIpc) is 2.13. The molecule has 2 nitrogen and oxygen atoms in total. The molecule has 96 valence electrons. The number of hydrogen-bond donors (Lipinski definition) is 0. The normalized spacial score (nSPS) is 16.9. The van der Waals surface area contributed by atoms with Crippen molar-refractivity contribution in [3.05, 3.63) is 0 Å². The maximum Gasteiger partial charge on any atom is 0.191 e. The van der Waals surface area contributed by atoms with Crippen molar-refractivity contribution in [3.63, 3.8) is 0 Å². The number of rotatable bonds is 6. The second-order valence-electron chi connectivity index (χ2n) is 6.53. The highest BCUT2D eigenvalue weighted by Crippen LogP contribution is 2.36. The van der Waals surface area contributed by atoms with Crippen LogP contribution in [0.4, 0.5) is 0 Å². The summed E-state index contributed by atoms with van der Waals surface area (Å²) in [4.78, 5) is 10.6. The van der Waals surface area contributed by atoms with Gasteiger partial charge in [-0.3, -0.25) is 0 Å². The fourth-order valence-corrected chi connectivity index (χ4v) is 2.46. The largest absolute Gasteiger partial charge is 0.417 e. The van der Waals surface area contributed by atoms with Gasteiger partial charge in [0, 0.05) is 12.5 Å². The van der Waals surface area contributed by atoms with Crippen molar-refractivity contribution in [2.75, 3.05) is 6.61 Å². The van der Waals surface area contributed by atoms with E-state index in [-0.39, 0.29) is 11.0 Å². The molecular formula is C13H28O2Si. The second kappa shape index (κ2) is 5.96. The molecule has 0 aromatic carbocycles. The SMILES string of the molecule is C[C@H](CO[Si](C)(C)C(C)(C)C)C[C@@H](C)C=O. The van der Waals surface area contributed by atoms with E-state index in [1.54, 1.807) is 0 Å². The minimum absolute atomic E-state index is 0.151. The van der Waals surface area contributed by atoms with E-state index in [4.69, 9.17) is 4.43 Å². The molecule has 0 spiro atoms. The van der Waals surface area contributed by atoms with Crippen LogP contribution in [0.5, 0.6) is 0 Å². The molecule has 0 aromatic rings. The Kier molecular flexibility index (Phi) is 5.91. The molecule has 0 aliphatic carbocycles. The molecule has 0 saturated heterocycles. The summed E-state index contributed by atoms with van der Waals surface area (Å²) in [6, 6.07) is 0. The molecule has 0 rings (SSSR count). The van der Waals surface area contributed by atoms with Crippen LogP contribution >= 0.6 is 0 Å². The summed E-state index contributed by atoms with van der Waals surface area (Å²) in [5.41, 5.74) is 0. The lowest BCUT2D eigenvalue weighted by Gasteiger charge is -2.37. The first-order chi connectivity index (χ1) is 7.10. The fraction of sp³-hybridized carbons (Fsp3) is 0.923. The zero-order valence-corrected chi connectivity index (χ0v) is 13.0. The third-order valence-corrected chi connectivity index (χ3v) is 8.04. The maximum absolute atomic E-state index is 10.6. The van der Waals surface area contributed by atoms with Gasteiger partial charge in [0.2, 0.25) is 0 Å². The molecule has 0 amide bonds. The molecule has 0 aliphatic rings. The van der Waals surface area contributed by atoms with Crippen LogP contribution in [0.15, 0.2) is 0 Å². The van der Waals surface area contributed by atoms with Crippen molar-refractivity contribution in [2.24, 2.45) is 11.8 Å². The van der Waals surface area contributed by atoms with Crippen molar-refractivity contribution >= 4 is 14.6 Å². The quantitative estimate of drug-likeness (QED) is 0.524. The van der Waals surface area contributed by atoms with Gasteiger partial charge < -0.3 is 9.22 Å². The summed E-state index contributed by atoms with van der Waals surface area (Å²) in [5, 5.41) is 0.267. The Morgan fingerprint density at radius 2 is 1.75 bits per heavy atom. The number of carbonyl (C=O) groups excluding carboxylic acids is 1. The van der Waals surface area contributed by atoms with Crippen molar-refractivity contribution in [1.29, 1.82) is 0 Å². The lowest BCUT2D eigenvalue weighted by Crippen LogP contribution is -2.41. The number of aldehydes is 1. The van der Waals surface area contributed by atoms with Crippen LogP contribution in [0, 0.1) is 11.8 Å². The molecule has 0 aliphatic heterocycles. The summed E-state index contributed by atoms with van der Waals surface area (Å²) < 4.78 is 6.12. The van der Waals surface area contributed by atoms with Crippen molar-refractivity contribution in [3.8, 4) is 0 Å². The van der Waals surface area contributed by atoms with Crippen molar-refractivity contribution in [2.45, 2.75) is 59.2 Å². The molecule has 0 saturated carbocycles. The Morgan fingerprint density at radius 1 is 1.25 bits per heavy atom. The topological polar surface area (TPSA) is 26.3 Å². The third kappa shape index (κ3) is 5.26. The lowest BCUT2D eigenvalue weighted by atomic mass is 10.00. The molecule has 3 heteroatoms. The number of hydrogen-bond acceptors (Lipinski definition) is 2. The molecule has 0 N–H and O–H groups in total. The lowest BCUT2D eigenvalue weighted by molar-refractivity contribution is -0.111. The molecule has 0 bridgehead atoms. The monoisotopic (exact) mass is 244 g/mol. The zero-order chi connectivity index (χ0) is 13.0. The van der Waals surface area contributed by atoms with Gasteiger partial charge in [-0.25, -0.2) is 0 Å². The van der Waals surface area contributed by atoms with Gasteiger partial charge >= 0.3 is 0 Å². The van der Waals surface area contributed by atoms with Gasteiger partial charge in [-0.1, -0.05) is 34.6 Å². The highest BCUT2D eigenvalue weighted by atomic mass is 28.4. The van der Waals surface area contributed by atoms with E-state index in [0.717, 1.165) is 19.3 Å². The summed E-state index contributed by atoms with van der Waals surface area (Å²) in [6.45, 7) is 16.2. The van der Waals surface area contributed by atoms with E-state index in [0.29, 0.717) is 5.92 Å². The maximum atomic E-state index is 10.6. The highest BCUT2D eigenvalue weighted by molar-refractivity contribution is 6.74. The molecule has 2 atom stereocenters. The minimum Gasteiger partial charge on any atom is -0.417 e. The van der Waals surface area contributed by atoms with Crippen molar-refractivity contribution < 1.29 is 9.22 Å². The minimum atomic E-state index is -1.62. The molecule has 0 heterocycles. The van der Waals surface area contributed by atoms with Gasteiger partial charge in [-0.15, -0.1) is 0 Å². The van der Waals surface area contributed by atoms with Gasteiger partial charge in [0.1, 0.15) is 6.29 Å². The first kappa shape index (κ1) is 15.8. The summed E-state index contributed by atoms with van der Waals surface area (Å²) in [7, 11) is -1.62. The van der Waals surface area contributed by atoms with Crippen LogP contribution in [0.1, 0.15) is 41.0 Å². The predicted molar refractivity (Wildman–Crippen MR) is 72.2 cm³/mol. The van der Waals surface area contributed by atoms with Gasteiger partial charge in [-0.2, -0.15) is 0 Å². The van der Waals surface area contributed by atoms with Crippen LogP contribution in [0.2, 0.25) is 18.1 Å². The Labute approximate surface area is 102 Å². The Morgan fingerprint density at radius 3 is 2.12 bits per heavy atom. The van der Waals surface area contributed by atoms with Gasteiger partial charge in [0.25, 0.3) is 0 Å². The van der Waals surface area contributed by atoms with Gasteiger partial charge in [0.05, 0.1) is 0 Å². The summed E-state index contributed by atoms with van der Waals surface area (Å²) in [6.07, 6.45) is 1.96. The van der Waals surface area contributed by atoms with Crippen LogP contribution in [-0.2, 0) is 9.22 Å². The molecule has 0 radical (unpaired) electrons. The zero-order valence-electron chi connectivity index (χ0n) is 12.0. The number of carbonyl (C=O) groups is 1. The fourth-order valence-electron chi connectivity index (χ4n) is 1.33. The summed E-state index contributed by atoms with van der Waals surface area (Å²) in [5.74, 6) is 0.618. The van der Waals surface area contributed by atoms with E-state index in [2.05, 4.69) is 40.8 Å². The molecule has 0 fully saturated rings. The van der Waals surface area contributed by atoms with E-state index >= 15 is 0 Å². The Hall–Kier alpha value is -0.153. The predicted octanol–water partition coefficient (Wildman–Crippen LogP) is 3.87. The smallest absolute Gasteiger partial charge is 0.191 e. The standard InChI is InChI=1S/C13H28O2Si/c1-11(9-14)8-12(2)10-15-16(6,7)13(3,4)5/h9,11-12H,8,10H2,1-7H3/t11-,12+/m1/s1. The first-order valence-electron chi connectivity index (χ1n) is 6.19. The van der Waals surface area contributed by atoms with Crippen LogP contribution in [0.25, 0.3) is 0 Å². The Balaban J connectivity index is 4.10. The van der Waals surface area contributed by atoms with Gasteiger partial charge in [-0.05, 0) is 30.5 Å². The van der Waals surface area contributed by atoms with E-state index < -0.39 is 8.32 Å². The van der Waals surface area contributed by atoms with E-state index in [1.807, 2.05) is 6.92 Å². The van der Waals surface area contributed by atoms with Gasteiger partial charge in [0.15, 0.2) is 8.32 Å². The summed E-state index contributed by atoms with van der Waals surface area (Å²) >= 11 is 0. The van der Waals surface area contributed by atoms with Crippen molar-refractivity contribution in [1.82, 2.24) is 0 Å².